The van der Waals surface area contributed by atoms with Gasteiger partial charge in [-0.2, -0.15) is 0 Å². The minimum Gasteiger partial charge on any atom is -0.496 e. The van der Waals surface area contributed by atoms with Crippen molar-refractivity contribution in [2.75, 3.05) is 7.11 Å². The van der Waals surface area contributed by atoms with Gasteiger partial charge >= 0.3 is 0 Å². The number of ether oxygens (including phenoxy) is 1. The van der Waals surface area contributed by atoms with E-state index < -0.39 is 4.92 Å². The summed E-state index contributed by atoms with van der Waals surface area (Å²) < 4.78 is 5.14. The van der Waals surface area contributed by atoms with Gasteiger partial charge in [-0.15, -0.1) is 0 Å². The fraction of sp³-hybridized carbons (Fsp3) is 0.462. The summed E-state index contributed by atoms with van der Waals surface area (Å²) in [7, 11) is 1.51. The van der Waals surface area contributed by atoms with Crippen LogP contribution in [0.15, 0.2) is 18.2 Å². The van der Waals surface area contributed by atoms with Crippen molar-refractivity contribution in [3.05, 3.63) is 33.9 Å². The first-order chi connectivity index (χ1) is 8.45. The van der Waals surface area contributed by atoms with Gasteiger partial charge in [0.25, 0.3) is 5.69 Å². The normalized spacial score (nSPS) is 10.4. The van der Waals surface area contributed by atoms with E-state index in [1.165, 1.54) is 19.2 Å². The molecule has 0 heterocycles. The molecule has 0 aliphatic heterocycles. The van der Waals surface area contributed by atoms with Crippen LogP contribution >= 0.6 is 0 Å². The molecule has 0 radical (unpaired) electrons. The zero-order valence-electron chi connectivity index (χ0n) is 10.8. The quantitative estimate of drug-likeness (QED) is 0.575. The number of nitro benzene ring substituents is 1. The van der Waals surface area contributed by atoms with E-state index in [4.69, 9.17) is 4.74 Å². The first-order valence-electron chi connectivity index (χ1n) is 5.79. The molecule has 18 heavy (non-hydrogen) atoms. The number of aryl methyl sites for hydroxylation is 1. The standard InChI is InChI=1S/C13H17NO4/c1-9(2)12(15)6-4-10-8-11(14(16)17)5-7-13(10)18-3/h5,7-9H,4,6H2,1-3H3. The van der Waals surface area contributed by atoms with Crippen LogP contribution in [0.25, 0.3) is 0 Å². The van der Waals surface area contributed by atoms with Gasteiger partial charge in [0.2, 0.25) is 0 Å². The summed E-state index contributed by atoms with van der Waals surface area (Å²) in [5.74, 6) is 0.704. The number of benzene rings is 1. The van der Waals surface area contributed by atoms with Gasteiger partial charge in [-0.25, -0.2) is 0 Å². The molecule has 0 spiro atoms. The average molecular weight is 251 g/mol. The van der Waals surface area contributed by atoms with E-state index in [1.54, 1.807) is 6.07 Å². The van der Waals surface area contributed by atoms with Crippen molar-refractivity contribution in [2.24, 2.45) is 5.92 Å². The van der Waals surface area contributed by atoms with Gasteiger partial charge in [-0.3, -0.25) is 14.9 Å². The molecule has 0 aliphatic carbocycles. The molecule has 5 heteroatoms. The monoisotopic (exact) mass is 251 g/mol. The highest BCUT2D eigenvalue weighted by Gasteiger charge is 2.13. The average Bonchev–Trinajstić information content (AvgIpc) is 2.35. The SMILES string of the molecule is COc1ccc([N+](=O)[O-])cc1CCC(=O)C(C)C. The highest BCUT2D eigenvalue weighted by atomic mass is 16.6. The highest BCUT2D eigenvalue weighted by Crippen LogP contribution is 2.25. The smallest absolute Gasteiger partial charge is 0.269 e. The number of carbonyl (C=O) groups excluding carboxylic acids is 1. The Morgan fingerprint density at radius 2 is 2.11 bits per heavy atom. The van der Waals surface area contributed by atoms with Crippen molar-refractivity contribution in [3.8, 4) is 5.75 Å². The van der Waals surface area contributed by atoms with Gasteiger partial charge in [-0.05, 0) is 12.5 Å². The molecule has 1 rings (SSSR count). The maximum Gasteiger partial charge on any atom is 0.269 e. The minimum atomic E-state index is -0.451. The molecule has 0 saturated heterocycles. The van der Waals surface area contributed by atoms with E-state index in [-0.39, 0.29) is 17.4 Å². The van der Waals surface area contributed by atoms with Crippen LogP contribution in [-0.2, 0) is 11.2 Å². The van der Waals surface area contributed by atoms with Gasteiger partial charge in [0.1, 0.15) is 11.5 Å². The van der Waals surface area contributed by atoms with E-state index >= 15 is 0 Å². The molecule has 0 fully saturated rings. The van der Waals surface area contributed by atoms with Crippen LogP contribution in [-0.4, -0.2) is 17.8 Å². The summed E-state index contributed by atoms with van der Waals surface area (Å²) in [5, 5.41) is 10.7. The summed E-state index contributed by atoms with van der Waals surface area (Å²) in [6.45, 7) is 3.68. The molecule has 0 aliphatic rings. The van der Waals surface area contributed by atoms with Crippen LogP contribution in [0.2, 0.25) is 0 Å². The Bertz CT molecular complexity index is 454. The van der Waals surface area contributed by atoms with Gasteiger partial charge in [0.05, 0.1) is 12.0 Å². The predicted molar refractivity (Wildman–Crippen MR) is 67.8 cm³/mol. The fourth-order valence-electron chi connectivity index (χ4n) is 1.62. The number of nitro groups is 1. The molecular weight excluding hydrogens is 234 g/mol. The summed E-state index contributed by atoms with van der Waals surface area (Å²) in [5.41, 5.74) is 0.712. The number of ketones is 1. The van der Waals surface area contributed by atoms with Gasteiger partial charge in [0.15, 0.2) is 0 Å². The maximum absolute atomic E-state index is 11.6. The summed E-state index contributed by atoms with van der Waals surface area (Å²) >= 11 is 0. The lowest BCUT2D eigenvalue weighted by atomic mass is 10.0. The molecule has 5 nitrogen and oxygen atoms in total. The highest BCUT2D eigenvalue weighted by molar-refractivity contribution is 5.80. The Morgan fingerprint density at radius 3 is 2.61 bits per heavy atom. The largest absolute Gasteiger partial charge is 0.496 e. The van der Waals surface area contributed by atoms with E-state index in [0.29, 0.717) is 24.2 Å². The van der Waals surface area contributed by atoms with E-state index in [9.17, 15) is 14.9 Å². The van der Waals surface area contributed by atoms with Gasteiger partial charge in [0, 0.05) is 30.0 Å². The lowest BCUT2D eigenvalue weighted by Gasteiger charge is -2.08. The summed E-state index contributed by atoms with van der Waals surface area (Å²) in [4.78, 5) is 21.8. The number of nitrogens with zero attached hydrogens (tertiary/aromatic N) is 1. The maximum atomic E-state index is 11.6. The van der Waals surface area contributed by atoms with Crippen LogP contribution in [0, 0.1) is 16.0 Å². The van der Waals surface area contributed by atoms with Crippen molar-refractivity contribution in [3.63, 3.8) is 0 Å². The third-order valence-corrected chi connectivity index (χ3v) is 2.76. The van der Waals surface area contributed by atoms with E-state index in [0.717, 1.165) is 0 Å². The Hall–Kier alpha value is -1.91. The molecule has 0 amide bonds. The van der Waals surface area contributed by atoms with Crippen LogP contribution in [0.3, 0.4) is 0 Å². The minimum absolute atomic E-state index is 0.0165. The van der Waals surface area contributed by atoms with Crippen LogP contribution < -0.4 is 4.74 Å². The van der Waals surface area contributed by atoms with E-state index in [1.807, 2.05) is 13.8 Å². The molecule has 1 aromatic rings. The molecule has 0 saturated carbocycles. The first-order valence-corrected chi connectivity index (χ1v) is 5.79. The molecule has 0 N–H and O–H groups in total. The molecule has 0 aromatic heterocycles. The molecular formula is C13H17NO4. The lowest BCUT2D eigenvalue weighted by Crippen LogP contribution is -2.08. The van der Waals surface area contributed by atoms with Gasteiger partial charge in [-0.1, -0.05) is 13.8 Å². The fourth-order valence-corrected chi connectivity index (χ4v) is 1.62. The Labute approximate surface area is 106 Å². The first kappa shape index (κ1) is 14.2. The third kappa shape index (κ3) is 3.55. The number of rotatable bonds is 6. The number of non-ortho nitro benzene ring substituents is 1. The molecule has 0 atom stereocenters. The number of hydrogen-bond acceptors (Lipinski definition) is 4. The second kappa shape index (κ2) is 6.14. The van der Waals surface area contributed by atoms with Crippen LogP contribution in [0.4, 0.5) is 5.69 Å². The molecule has 1 aromatic carbocycles. The molecule has 0 bridgehead atoms. The number of hydrogen-bond donors (Lipinski definition) is 0. The topological polar surface area (TPSA) is 69.4 Å². The Morgan fingerprint density at radius 1 is 1.44 bits per heavy atom. The second-order valence-electron chi connectivity index (χ2n) is 4.37. The van der Waals surface area contributed by atoms with Crippen LogP contribution in [0.1, 0.15) is 25.8 Å². The van der Waals surface area contributed by atoms with Crippen molar-refractivity contribution in [2.45, 2.75) is 26.7 Å². The summed E-state index contributed by atoms with van der Waals surface area (Å²) in [6, 6.07) is 4.42. The Kier molecular flexibility index (Phi) is 4.83. The number of Topliss-reactive ketones (excluding diaryl/α,β-unsaturated/α-hetero) is 1. The molecule has 98 valence electrons. The zero-order valence-corrected chi connectivity index (χ0v) is 10.8. The lowest BCUT2D eigenvalue weighted by molar-refractivity contribution is -0.384. The van der Waals surface area contributed by atoms with Crippen LogP contribution in [0.5, 0.6) is 5.75 Å². The van der Waals surface area contributed by atoms with E-state index in [2.05, 4.69) is 0 Å². The van der Waals surface area contributed by atoms with Crippen molar-refractivity contribution in [1.29, 1.82) is 0 Å². The number of methoxy groups -OCH3 is 1. The van der Waals surface area contributed by atoms with Crippen molar-refractivity contribution >= 4 is 11.5 Å². The van der Waals surface area contributed by atoms with Crippen molar-refractivity contribution < 1.29 is 14.5 Å². The van der Waals surface area contributed by atoms with Crippen molar-refractivity contribution in [1.82, 2.24) is 0 Å². The second-order valence-corrected chi connectivity index (χ2v) is 4.37. The number of carbonyl (C=O) groups is 1. The predicted octanol–water partition coefficient (Wildman–Crippen LogP) is 2.76. The Balaban J connectivity index is 2.88. The van der Waals surface area contributed by atoms with Gasteiger partial charge < -0.3 is 4.74 Å². The molecule has 0 unspecified atom stereocenters. The zero-order chi connectivity index (χ0) is 13.7. The summed E-state index contributed by atoms with van der Waals surface area (Å²) in [6.07, 6.45) is 0.830. The third-order valence-electron chi connectivity index (χ3n) is 2.76.